The molecule has 0 aliphatic carbocycles. The second-order valence-electron chi connectivity index (χ2n) is 5.17. The van der Waals surface area contributed by atoms with Crippen molar-refractivity contribution in [2.24, 2.45) is 4.99 Å². The van der Waals surface area contributed by atoms with E-state index in [1.165, 1.54) is 19.4 Å². The standard InChI is InChI=1S/C19H15N3O3/c1-25-19-17(22(23)24)12-16(13-20-19)21-18(14-8-4-2-5-9-14)15-10-6-3-7-11-15/h2-13H,1H3. The maximum Gasteiger partial charge on any atom is 0.333 e. The zero-order valence-corrected chi connectivity index (χ0v) is 13.5. The molecule has 0 saturated carbocycles. The van der Waals surface area contributed by atoms with Crippen molar-refractivity contribution >= 4 is 17.1 Å². The van der Waals surface area contributed by atoms with E-state index >= 15 is 0 Å². The van der Waals surface area contributed by atoms with Crippen molar-refractivity contribution in [1.82, 2.24) is 4.98 Å². The van der Waals surface area contributed by atoms with Crippen LogP contribution in [0.2, 0.25) is 0 Å². The van der Waals surface area contributed by atoms with Crippen molar-refractivity contribution in [3.05, 3.63) is 94.2 Å². The Morgan fingerprint density at radius 3 is 2.08 bits per heavy atom. The van der Waals surface area contributed by atoms with Crippen LogP contribution >= 0.6 is 0 Å². The average molecular weight is 333 g/mol. The number of methoxy groups -OCH3 is 1. The molecule has 0 aliphatic heterocycles. The first-order valence-electron chi connectivity index (χ1n) is 7.57. The largest absolute Gasteiger partial charge is 0.476 e. The Labute approximate surface area is 144 Å². The van der Waals surface area contributed by atoms with E-state index in [2.05, 4.69) is 9.98 Å². The molecule has 0 spiro atoms. The zero-order chi connectivity index (χ0) is 17.6. The molecule has 0 N–H and O–H groups in total. The van der Waals surface area contributed by atoms with Gasteiger partial charge < -0.3 is 4.74 Å². The van der Waals surface area contributed by atoms with Gasteiger partial charge in [0.1, 0.15) is 0 Å². The Balaban J connectivity index is 2.14. The van der Waals surface area contributed by atoms with Gasteiger partial charge in [-0.15, -0.1) is 0 Å². The lowest BCUT2D eigenvalue weighted by atomic mass is 10.0. The number of ether oxygens (including phenoxy) is 1. The van der Waals surface area contributed by atoms with E-state index in [1.54, 1.807) is 0 Å². The summed E-state index contributed by atoms with van der Waals surface area (Å²) in [5, 5.41) is 11.2. The minimum atomic E-state index is -0.532. The molecule has 1 aromatic heterocycles. The zero-order valence-electron chi connectivity index (χ0n) is 13.5. The van der Waals surface area contributed by atoms with E-state index in [0.717, 1.165) is 11.1 Å². The molecule has 3 rings (SSSR count). The van der Waals surface area contributed by atoms with Crippen LogP contribution < -0.4 is 4.74 Å². The van der Waals surface area contributed by atoms with Gasteiger partial charge in [0.15, 0.2) is 0 Å². The van der Waals surface area contributed by atoms with Gasteiger partial charge in [-0.1, -0.05) is 60.7 Å². The molecule has 0 fully saturated rings. The summed E-state index contributed by atoms with van der Waals surface area (Å²) in [7, 11) is 1.34. The molecular formula is C19H15N3O3. The van der Waals surface area contributed by atoms with Crippen molar-refractivity contribution in [3.63, 3.8) is 0 Å². The Kier molecular flexibility index (Phi) is 4.80. The van der Waals surface area contributed by atoms with Gasteiger partial charge in [0.05, 0.1) is 29.6 Å². The Hall–Kier alpha value is -3.54. The summed E-state index contributed by atoms with van der Waals surface area (Å²) in [5.41, 5.74) is 2.70. The van der Waals surface area contributed by atoms with Gasteiger partial charge in [0.2, 0.25) is 0 Å². The number of aliphatic imine (C=N–C) groups is 1. The number of benzene rings is 2. The van der Waals surface area contributed by atoms with Gasteiger partial charge in [0.25, 0.3) is 5.88 Å². The molecule has 0 radical (unpaired) electrons. The smallest absolute Gasteiger partial charge is 0.333 e. The van der Waals surface area contributed by atoms with Gasteiger partial charge in [0, 0.05) is 17.2 Å². The highest BCUT2D eigenvalue weighted by atomic mass is 16.6. The Morgan fingerprint density at radius 2 is 1.60 bits per heavy atom. The first-order valence-corrected chi connectivity index (χ1v) is 7.57. The lowest BCUT2D eigenvalue weighted by Gasteiger charge is -2.08. The fraction of sp³-hybridized carbons (Fsp3) is 0.0526. The summed E-state index contributed by atoms with van der Waals surface area (Å²) in [4.78, 5) is 19.3. The summed E-state index contributed by atoms with van der Waals surface area (Å²) in [6.45, 7) is 0. The van der Waals surface area contributed by atoms with Gasteiger partial charge in [-0.05, 0) is 0 Å². The fourth-order valence-corrected chi connectivity index (χ4v) is 2.40. The molecule has 2 aromatic carbocycles. The van der Waals surface area contributed by atoms with Crippen LogP contribution in [0.15, 0.2) is 77.9 Å². The third-order valence-electron chi connectivity index (χ3n) is 3.54. The summed E-state index contributed by atoms with van der Waals surface area (Å²) in [5.74, 6) is -0.0371. The van der Waals surface area contributed by atoms with Crippen LogP contribution in [-0.4, -0.2) is 22.7 Å². The lowest BCUT2D eigenvalue weighted by molar-refractivity contribution is -0.386. The van der Waals surface area contributed by atoms with Crippen LogP contribution in [0.1, 0.15) is 11.1 Å². The molecule has 0 bridgehead atoms. The average Bonchev–Trinajstić information content (AvgIpc) is 2.67. The molecule has 6 heteroatoms. The van der Waals surface area contributed by atoms with E-state index in [0.29, 0.717) is 11.4 Å². The summed E-state index contributed by atoms with van der Waals surface area (Å²) in [6.07, 6.45) is 1.46. The highest BCUT2D eigenvalue weighted by Crippen LogP contribution is 2.29. The van der Waals surface area contributed by atoms with Crippen molar-refractivity contribution in [3.8, 4) is 5.88 Å². The predicted octanol–water partition coefficient (Wildman–Crippen LogP) is 4.17. The number of aromatic nitrogens is 1. The van der Waals surface area contributed by atoms with Crippen LogP contribution in [0.3, 0.4) is 0 Å². The van der Waals surface area contributed by atoms with Crippen molar-refractivity contribution in [1.29, 1.82) is 0 Å². The Morgan fingerprint density at radius 1 is 1.04 bits per heavy atom. The van der Waals surface area contributed by atoms with Crippen LogP contribution in [0.5, 0.6) is 5.88 Å². The van der Waals surface area contributed by atoms with E-state index in [1.807, 2.05) is 60.7 Å². The summed E-state index contributed by atoms with van der Waals surface area (Å²) in [6, 6.07) is 20.6. The highest BCUT2D eigenvalue weighted by molar-refractivity contribution is 6.13. The van der Waals surface area contributed by atoms with Crippen molar-refractivity contribution < 1.29 is 9.66 Å². The SMILES string of the molecule is COc1ncc(N=C(c2ccccc2)c2ccccc2)cc1[N+](=O)[O-]. The number of nitro groups is 1. The number of hydrogen-bond acceptors (Lipinski definition) is 5. The van der Waals surface area contributed by atoms with E-state index in [4.69, 9.17) is 4.74 Å². The number of hydrogen-bond donors (Lipinski definition) is 0. The number of nitrogens with zero attached hydrogens (tertiary/aromatic N) is 3. The predicted molar refractivity (Wildman–Crippen MR) is 95.6 cm³/mol. The molecule has 3 aromatic rings. The summed E-state index contributed by atoms with van der Waals surface area (Å²) >= 11 is 0. The third kappa shape index (κ3) is 3.69. The second kappa shape index (κ2) is 7.35. The van der Waals surface area contributed by atoms with Crippen molar-refractivity contribution in [2.75, 3.05) is 7.11 Å². The lowest BCUT2D eigenvalue weighted by Crippen LogP contribution is -2.03. The van der Waals surface area contributed by atoms with Gasteiger partial charge in [-0.3, -0.25) is 10.1 Å². The first kappa shape index (κ1) is 16.3. The minimum Gasteiger partial charge on any atom is -0.476 e. The van der Waals surface area contributed by atoms with E-state index in [9.17, 15) is 10.1 Å². The van der Waals surface area contributed by atoms with Crippen LogP contribution in [-0.2, 0) is 0 Å². The second-order valence-corrected chi connectivity index (χ2v) is 5.17. The van der Waals surface area contributed by atoms with Gasteiger partial charge in [-0.2, -0.15) is 0 Å². The van der Waals surface area contributed by atoms with Crippen molar-refractivity contribution in [2.45, 2.75) is 0 Å². The number of rotatable bonds is 5. The topological polar surface area (TPSA) is 77.6 Å². The first-order chi connectivity index (χ1) is 12.2. The third-order valence-corrected chi connectivity index (χ3v) is 3.54. The maximum absolute atomic E-state index is 11.2. The molecule has 0 aliphatic rings. The molecule has 124 valence electrons. The monoisotopic (exact) mass is 333 g/mol. The van der Waals surface area contributed by atoms with Crippen LogP contribution in [0.25, 0.3) is 0 Å². The molecular weight excluding hydrogens is 318 g/mol. The van der Waals surface area contributed by atoms with E-state index < -0.39 is 4.92 Å². The normalized spacial score (nSPS) is 10.1. The maximum atomic E-state index is 11.2. The summed E-state index contributed by atoms with van der Waals surface area (Å²) < 4.78 is 4.93. The van der Waals surface area contributed by atoms with E-state index in [-0.39, 0.29) is 11.6 Å². The van der Waals surface area contributed by atoms with Crippen LogP contribution in [0.4, 0.5) is 11.4 Å². The minimum absolute atomic E-state index is 0.0371. The van der Waals surface area contributed by atoms with Gasteiger partial charge in [-0.25, -0.2) is 9.98 Å². The molecule has 0 saturated heterocycles. The molecule has 0 unspecified atom stereocenters. The molecule has 6 nitrogen and oxygen atoms in total. The molecule has 1 heterocycles. The molecule has 25 heavy (non-hydrogen) atoms. The number of pyridine rings is 1. The fourth-order valence-electron chi connectivity index (χ4n) is 2.40. The van der Waals surface area contributed by atoms with Gasteiger partial charge >= 0.3 is 5.69 Å². The molecule has 0 amide bonds. The molecule has 0 atom stereocenters. The van der Waals surface area contributed by atoms with Crippen LogP contribution in [0, 0.1) is 10.1 Å². The quantitative estimate of drug-likeness (QED) is 0.399. The highest BCUT2D eigenvalue weighted by Gasteiger charge is 2.17. The Bertz CT molecular complexity index is 868.